The van der Waals surface area contributed by atoms with E-state index in [0.717, 1.165) is 11.3 Å². The molecule has 5 nitrogen and oxygen atoms in total. The largest absolute Gasteiger partial charge is 0.333 e. The second kappa shape index (κ2) is 6.83. The van der Waals surface area contributed by atoms with Crippen LogP contribution in [0.5, 0.6) is 0 Å². The van der Waals surface area contributed by atoms with E-state index in [4.69, 9.17) is 0 Å². The summed E-state index contributed by atoms with van der Waals surface area (Å²) in [6.07, 6.45) is 1.69. The number of benzene rings is 1. The maximum absolute atomic E-state index is 12.8. The van der Waals surface area contributed by atoms with Crippen molar-refractivity contribution < 1.29 is 4.79 Å². The Hall–Kier alpha value is -2.34. The van der Waals surface area contributed by atoms with Crippen molar-refractivity contribution in [3.8, 4) is 0 Å². The topological polar surface area (TPSA) is 57.6 Å². The average molecular weight is 326 g/mol. The first kappa shape index (κ1) is 15.6. The molecule has 1 aliphatic rings. The number of aromatic nitrogens is 1. The fraction of sp³-hybridized carbons (Fsp3) is 0.235. The van der Waals surface area contributed by atoms with Gasteiger partial charge in [0.25, 0.3) is 0 Å². The normalized spacial score (nSPS) is 16.8. The number of pyridine rings is 1. The Morgan fingerprint density at radius 1 is 1.26 bits per heavy atom. The quantitative estimate of drug-likeness (QED) is 0.910. The molecule has 0 radical (unpaired) electrons. The molecule has 6 heteroatoms. The van der Waals surface area contributed by atoms with Gasteiger partial charge in [-0.2, -0.15) is 0 Å². The summed E-state index contributed by atoms with van der Waals surface area (Å²) in [5.74, 6) is 0.612. The molecule has 1 atom stereocenters. The highest BCUT2D eigenvalue weighted by Crippen LogP contribution is 2.28. The number of nitrogens with one attached hydrogen (secondary N) is 1. The summed E-state index contributed by atoms with van der Waals surface area (Å²) < 4.78 is 0. The highest BCUT2D eigenvalue weighted by atomic mass is 32.2. The third kappa shape index (κ3) is 3.53. The van der Waals surface area contributed by atoms with E-state index < -0.39 is 0 Å². The van der Waals surface area contributed by atoms with Crippen LogP contribution in [-0.4, -0.2) is 28.0 Å². The maximum atomic E-state index is 12.8. The van der Waals surface area contributed by atoms with Gasteiger partial charge in [-0.3, -0.25) is 4.99 Å². The number of amides is 2. The number of aliphatic imine (C=N–C) groups is 1. The zero-order valence-electron chi connectivity index (χ0n) is 13.1. The van der Waals surface area contributed by atoms with Gasteiger partial charge in [-0.25, -0.2) is 14.7 Å². The molecule has 0 saturated heterocycles. The molecule has 1 N–H and O–H groups in total. The predicted molar refractivity (Wildman–Crippen MR) is 96.3 cm³/mol. The lowest BCUT2D eigenvalue weighted by atomic mass is 10.3. The van der Waals surface area contributed by atoms with Crippen molar-refractivity contribution in [2.45, 2.75) is 19.1 Å². The summed E-state index contributed by atoms with van der Waals surface area (Å²) in [6, 6.07) is 12.9. The lowest BCUT2D eigenvalue weighted by Crippen LogP contribution is -2.39. The number of aryl methyl sites for hydroxylation is 1. The Bertz CT molecular complexity index is 732. The van der Waals surface area contributed by atoms with E-state index in [0.29, 0.717) is 22.8 Å². The number of carbonyl (C=O) groups is 1. The van der Waals surface area contributed by atoms with Crippen LogP contribution >= 0.6 is 11.8 Å². The van der Waals surface area contributed by atoms with Crippen LogP contribution in [0, 0.1) is 6.92 Å². The molecule has 118 valence electrons. The van der Waals surface area contributed by atoms with Gasteiger partial charge in [0, 0.05) is 17.1 Å². The summed E-state index contributed by atoms with van der Waals surface area (Å²) >= 11 is 1.59. The molecule has 0 unspecified atom stereocenters. The van der Waals surface area contributed by atoms with E-state index in [1.165, 1.54) is 0 Å². The molecule has 2 aromatic rings. The molecule has 3 rings (SSSR count). The van der Waals surface area contributed by atoms with Crippen LogP contribution < -0.4 is 10.2 Å². The monoisotopic (exact) mass is 326 g/mol. The van der Waals surface area contributed by atoms with Crippen molar-refractivity contribution in [2.75, 3.05) is 16.8 Å². The Balaban J connectivity index is 1.92. The van der Waals surface area contributed by atoms with E-state index in [-0.39, 0.29) is 6.03 Å². The van der Waals surface area contributed by atoms with Crippen molar-refractivity contribution >= 4 is 34.5 Å². The molecule has 23 heavy (non-hydrogen) atoms. The molecule has 1 aromatic heterocycles. The molecular formula is C17H18N4OS. The van der Waals surface area contributed by atoms with Gasteiger partial charge in [0.2, 0.25) is 0 Å². The molecular weight excluding hydrogens is 308 g/mol. The number of nitrogens with zero attached hydrogens (tertiary/aromatic N) is 3. The molecule has 0 bridgehead atoms. The number of urea groups is 1. The zero-order chi connectivity index (χ0) is 16.2. The summed E-state index contributed by atoms with van der Waals surface area (Å²) in [4.78, 5) is 23.3. The molecule has 0 spiro atoms. The van der Waals surface area contributed by atoms with Crippen LogP contribution in [0.2, 0.25) is 0 Å². The summed E-state index contributed by atoms with van der Waals surface area (Å²) in [7, 11) is 0. The maximum Gasteiger partial charge on any atom is 0.333 e. The van der Waals surface area contributed by atoms with Gasteiger partial charge in [0.1, 0.15) is 5.82 Å². The van der Waals surface area contributed by atoms with Gasteiger partial charge >= 0.3 is 6.03 Å². The van der Waals surface area contributed by atoms with Crippen LogP contribution in [0.1, 0.15) is 12.5 Å². The number of amidine groups is 1. The highest BCUT2D eigenvalue weighted by molar-refractivity contribution is 8.15. The van der Waals surface area contributed by atoms with Gasteiger partial charge < -0.3 is 5.32 Å². The molecule has 1 aliphatic heterocycles. The third-order valence-corrected chi connectivity index (χ3v) is 4.48. The Morgan fingerprint density at radius 2 is 2.04 bits per heavy atom. The number of anilines is 2. The van der Waals surface area contributed by atoms with Gasteiger partial charge in [-0.05, 0) is 30.7 Å². The van der Waals surface area contributed by atoms with E-state index in [2.05, 4.69) is 22.2 Å². The van der Waals surface area contributed by atoms with Crippen LogP contribution in [0.4, 0.5) is 16.3 Å². The minimum Gasteiger partial charge on any atom is -0.307 e. The van der Waals surface area contributed by atoms with Gasteiger partial charge in [0.15, 0.2) is 5.17 Å². The van der Waals surface area contributed by atoms with Crippen molar-refractivity contribution in [2.24, 2.45) is 4.99 Å². The number of rotatable bonds is 2. The highest BCUT2D eigenvalue weighted by Gasteiger charge is 2.29. The molecule has 0 aliphatic carbocycles. The molecule has 0 saturated carbocycles. The second-order valence-electron chi connectivity index (χ2n) is 5.33. The molecule has 1 aromatic carbocycles. The predicted octanol–water partition coefficient (Wildman–Crippen LogP) is 3.92. The van der Waals surface area contributed by atoms with E-state index in [1.807, 2.05) is 49.4 Å². The lowest BCUT2D eigenvalue weighted by molar-refractivity contribution is 0.259. The van der Waals surface area contributed by atoms with E-state index in [1.54, 1.807) is 22.9 Å². The number of para-hydroxylation sites is 1. The SMILES string of the molecule is Cc1cccnc1N(C(=O)Nc1ccccc1)C1=NC[C@@H](C)S1. The summed E-state index contributed by atoms with van der Waals surface area (Å²) in [6.45, 7) is 4.75. The van der Waals surface area contributed by atoms with Crippen LogP contribution in [0.15, 0.2) is 53.7 Å². The zero-order valence-corrected chi connectivity index (χ0v) is 13.9. The molecule has 0 fully saturated rings. The number of hydrogen-bond acceptors (Lipinski definition) is 4. The summed E-state index contributed by atoms with van der Waals surface area (Å²) in [5.41, 5.74) is 1.67. The first-order chi connectivity index (χ1) is 11.1. The minimum absolute atomic E-state index is 0.252. The van der Waals surface area contributed by atoms with Crippen LogP contribution in [0.3, 0.4) is 0 Å². The lowest BCUT2D eigenvalue weighted by Gasteiger charge is -2.23. The van der Waals surface area contributed by atoms with Crippen LogP contribution in [-0.2, 0) is 0 Å². The Morgan fingerprint density at radius 3 is 2.70 bits per heavy atom. The van der Waals surface area contributed by atoms with Crippen LogP contribution in [0.25, 0.3) is 0 Å². The summed E-state index contributed by atoms with van der Waals surface area (Å²) in [5, 5.41) is 3.96. The third-order valence-electron chi connectivity index (χ3n) is 3.40. The smallest absolute Gasteiger partial charge is 0.307 e. The first-order valence-electron chi connectivity index (χ1n) is 7.44. The Labute approximate surface area is 139 Å². The van der Waals surface area contributed by atoms with E-state index in [9.17, 15) is 4.79 Å². The molecule has 2 amide bonds. The standard InChI is InChI=1S/C17H18N4OS/c1-12-7-6-10-18-15(12)21(17-19-11-13(2)23-17)16(22)20-14-8-4-3-5-9-14/h3-10,13H,11H2,1-2H3,(H,20,22)/t13-/m1/s1. The average Bonchev–Trinajstić information content (AvgIpc) is 2.96. The number of hydrogen-bond donors (Lipinski definition) is 1. The van der Waals surface area contributed by atoms with Crippen molar-refractivity contribution in [3.63, 3.8) is 0 Å². The van der Waals surface area contributed by atoms with Gasteiger partial charge in [0.05, 0.1) is 6.54 Å². The van der Waals surface area contributed by atoms with Gasteiger partial charge in [-0.1, -0.05) is 43.0 Å². The van der Waals surface area contributed by atoms with Crippen molar-refractivity contribution in [1.82, 2.24) is 4.98 Å². The molecule has 2 heterocycles. The van der Waals surface area contributed by atoms with Gasteiger partial charge in [-0.15, -0.1) is 0 Å². The minimum atomic E-state index is -0.252. The Kier molecular flexibility index (Phi) is 4.62. The number of thioether (sulfide) groups is 1. The van der Waals surface area contributed by atoms with Crippen molar-refractivity contribution in [1.29, 1.82) is 0 Å². The van der Waals surface area contributed by atoms with E-state index >= 15 is 0 Å². The second-order valence-corrected chi connectivity index (χ2v) is 6.73. The van der Waals surface area contributed by atoms with Crippen molar-refractivity contribution in [3.05, 3.63) is 54.2 Å². The fourth-order valence-corrected chi connectivity index (χ4v) is 3.20. The first-order valence-corrected chi connectivity index (χ1v) is 8.32. The fourth-order valence-electron chi connectivity index (χ4n) is 2.27. The number of carbonyl (C=O) groups excluding carboxylic acids is 1.